The van der Waals surface area contributed by atoms with E-state index >= 15 is 0 Å². The van der Waals surface area contributed by atoms with Crippen molar-refractivity contribution in [1.82, 2.24) is 10.2 Å². The summed E-state index contributed by atoms with van der Waals surface area (Å²) in [6, 6.07) is 5.76. The summed E-state index contributed by atoms with van der Waals surface area (Å²) < 4.78 is 11.8. The lowest BCUT2D eigenvalue weighted by molar-refractivity contribution is -0.144. The second kappa shape index (κ2) is 8.58. The van der Waals surface area contributed by atoms with Gasteiger partial charge in [-0.1, -0.05) is 15.9 Å². The predicted molar refractivity (Wildman–Crippen MR) is 87.0 cm³/mol. The van der Waals surface area contributed by atoms with E-state index in [1.807, 2.05) is 18.2 Å². The Morgan fingerprint density at radius 1 is 1.57 bits per heavy atom. The van der Waals surface area contributed by atoms with Gasteiger partial charge in [0.15, 0.2) is 0 Å². The average Bonchev–Trinajstić information content (AvgIpc) is 2.47. The Morgan fingerprint density at radius 2 is 2.33 bits per heavy atom. The number of amides is 1. The number of nitrogens with one attached hydrogen (secondary N) is 1. The van der Waals surface area contributed by atoms with E-state index in [0.29, 0.717) is 19.7 Å². The molecule has 21 heavy (non-hydrogen) atoms. The summed E-state index contributed by atoms with van der Waals surface area (Å²) in [5.74, 6) is 0.759. The first-order valence-corrected chi connectivity index (χ1v) is 7.31. The fourth-order valence-corrected chi connectivity index (χ4v) is 2.58. The molecule has 0 aliphatic carbocycles. The Bertz CT molecular complexity index is 481. The highest BCUT2D eigenvalue weighted by Gasteiger charge is 2.25. The number of halogens is 2. The monoisotopic (exact) mass is 378 g/mol. The zero-order valence-electron chi connectivity index (χ0n) is 12.1. The summed E-state index contributed by atoms with van der Waals surface area (Å²) in [4.78, 5) is 14.0. The molecule has 1 aliphatic rings. The number of hydrogen-bond donors (Lipinski definition) is 1. The first-order valence-electron chi connectivity index (χ1n) is 6.51. The molecule has 5 nitrogen and oxygen atoms in total. The van der Waals surface area contributed by atoms with E-state index in [1.165, 1.54) is 0 Å². The number of carbonyl (C=O) groups is 1. The fraction of sp³-hybridized carbons (Fsp3) is 0.500. The van der Waals surface area contributed by atoms with Crippen molar-refractivity contribution in [3.05, 3.63) is 28.2 Å². The molecule has 2 rings (SSSR count). The number of benzene rings is 1. The van der Waals surface area contributed by atoms with Crippen molar-refractivity contribution in [2.24, 2.45) is 0 Å². The van der Waals surface area contributed by atoms with Gasteiger partial charge >= 0.3 is 0 Å². The van der Waals surface area contributed by atoms with Crippen molar-refractivity contribution in [1.29, 1.82) is 0 Å². The minimum absolute atomic E-state index is 0. The van der Waals surface area contributed by atoms with E-state index < -0.39 is 6.10 Å². The van der Waals surface area contributed by atoms with E-state index in [2.05, 4.69) is 21.2 Å². The molecule has 0 bridgehead atoms. The third kappa shape index (κ3) is 4.85. The molecule has 1 aliphatic heterocycles. The van der Waals surface area contributed by atoms with E-state index in [-0.39, 0.29) is 18.3 Å². The van der Waals surface area contributed by atoms with Crippen molar-refractivity contribution in [2.75, 3.05) is 33.9 Å². The van der Waals surface area contributed by atoms with Crippen LogP contribution >= 0.6 is 28.3 Å². The van der Waals surface area contributed by atoms with Crippen LogP contribution in [0.25, 0.3) is 0 Å². The molecule has 1 atom stereocenters. The summed E-state index contributed by atoms with van der Waals surface area (Å²) in [5.41, 5.74) is 0.960. The van der Waals surface area contributed by atoms with Gasteiger partial charge in [-0.3, -0.25) is 4.79 Å². The maximum atomic E-state index is 12.3. The molecule has 1 amide bonds. The van der Waals surface area contributed by atoms with Gasteiger partial charge in [-0.2, -0.15) is 0 Å². The second-order valence-corrected chi connectivity index (χ2v) is 5.63. The number of methoxy groups -OCH3 is 1. The molecule has 1 saturated heterocycles. The SMILES string of the molecule is COc1ccc(Br)cc1CN(C)C(=O)C1CNCCO1.Cl. The molecule has 118 valence electrons. The number of ether oxygens (including phenoxy) is 2. The highest BCUT2D eigenvalue weighted by molar-refractivity contribution is 9.10. The molecule has 1 aromatic rings. The van der Waals surface area contributed by atoms with Gasteiger partial charge in [0.2, 0.25) is 0 Å². The first kappa shape index (κ1) is 18.2. The van der Waals surface area contributed by atoms with E-state index in [0.717, 1.165) is 22.3 Å². The molecular formula is C14H20BrClN2O3. The van der Waals surface area contributed by atoms with Crippen LogP contribution in [0.3, 0.4) is 0 Å². The Hall–Kier alpha value is -0.820. The Morgan fingerprint density at radius 3 is 2.95 bits per heavy atom. The quantitative estimate of drug-likeness (QED) is 0.867. The fourth-order valence-electron chi connectivity index (χ4n) is 2.17. The normalized spacial score (nSPS) is 17.8. The minimum atomic E-state index is -0.396. The van der Waals surface area contributed by atoms with Gasteiger partial charge in [-0.25, -0.2) is 0 Å². The van der Waals surface area contributed by atoms with Crippen molar-refractivity contribution in [3.63, 3.8) is 0 Å². The van der Waals surface area contributed by atoms with Crippen molar-refractivity contribution >= 4 is 34.2 Å². The van der Waals surface area contributed by atoms with Gasteiger partial charge in [0.1, 0.15) is 11.9 Å². The van der Waals surface area contributed by atoms with Crippen LogP contribution in [0.2, 0.25) is 0 Å². The number of rotatable bonds is 4. The van der Waals surface area contributed by atoms with Gasteiger partial charge < -0.3 is 19.7 Å². The summed E-state index contributed by atoms with van der Waals surface area (Å²) in [7, 11) is 3.41. The molecule has 1 aromatic carbocycles. The van der Waals surface area contributed by atoms with E-state index in [1.54, 1.807) is 19.1 Å². The summed E-state index contributed by atoms with van der Waals surface area (Å²) in [5, 5.41) is 3.16. The van der Waals surface area contributed by atoms with Gasteiger partial charge in [0.25, 0.3) is 5.91 Å². The predicted octanol–water partition coefficient (Wildman–Crippen LogP) is 1.83. The van der Waals surface area contributed by atoms with Crippen LogP contribution in [0.4, 0.5) is 0 Å². The molecule has 0 radical (unpaired) electrons. The van der Waals surface area contributed by atoms with Crippen LogP contribution in [-0.2, 0) is 16.1 Å². The number of nitrogens with zero attached hydrogens (tertiary/aromatic N) is 1. The zero-order chi connectivity index (χ0) is 14.5. The molecule has 7 heteroatoms. The number of likely N-dealkylation sites (N-methyl/N-ethyl adjacent to an activating group) is 1. The van der Waals surface area contributed by atoms with E-state index in [9.17, 15) is 4.79 Å². The molecule has 1 heterocycles. The third-order valence-electron chi connectivity index (χ3n) is 3.23. The summed E-state index contributed by atoms with van der Waals surface area (Å²) >= 11 is 3.44. The molecular weight excluding hydrogens is 360 g/mol. The van der Waals surface area contributed by atoms with Crippen LogP contribution in [0.1, 0.15) is 5.56 Å². The van der Waals surface area contributed by atoms with Crippen molar-refractivity contribution in [3.8, 4) is 5.75 Å². The Balaban J connectivity index is 0.00000220. The highest BCUT2D eigenvalue weighted by Crippen LogP contribution is 2.24. The lowest BCUT2D eigenvalue weighted by atomic mass is 10.1. The molecule has 0 spiro atoms. The topological polar surface area (TPSA) is 50.8 Å². The van der Waals surface area contributed by atoms with Crippen LogP contribution in [0.15, 0.2) is 22.7 Å². The zero-order valence-corrected chi connectivity index (χ0v) is 14.5. The van der Waals surface area contributed by atoms with Gasteiger partial charge in [0.05, 0.1) is 13.7 Å². The summed E-state index contributed by atoms with van der Waals surface area (Å²) in [6.45, 7) is 2.43. The summed E-state index contributed by atoms with van der Waals surface area (Å²) in [6.07, 6.45) is -0.396. The van der Waals surface area contributed by atoms with Crippen LogP contribution in [0.5, 0.6) is 5.75 Å². The maximum absolute atomic E-state index is 12.3. The average molecular weight is 380 g/mol. The Labute approximate surface area is 139 Å². The van der Waals surface area contributed by atoms with Gasteiger partial charge in [0, 0.05) is 36.7 Å². The van der Waals surface area contributed by atoms with Gasteiger partial charge in [-0.15, -0.1) is 12.4 Å². The minimum Gasteiger partial charge on any atom is -0.496 e. The highest BCUT2D eigenvalue weighted by atomic mass is 79.9. The standard InChI is InChI=1S/C14H19BrN2O3.ClH/c1-17(14(18)13-8-16-5-6-20-13)9-10-7-11(15)3-4-12(10)19-2;/h3-4,7,13,16H,5-6,8-9H2,1-2H3;1H. The molecule has 0 aromatic heterocycles. The number of morpholine rings is 1. The molecule has 1 fully saturated rings. The third-order valence-corrected chi connectivity index (χ3v) is 3.72. The number of carbonyl (C=O) groups excluding carboxylic acids is 1. The molecule has 1 N–H and O–H groups in total. The van der Waals surface area contributed by atoms with E-state index in [4.69, 9.17) is 9.47 Å². The van der Waals surface area contributed by atoms with Crippen LogP contribution in [-0.4, -0.2) is 50.8 Å². The lowest BCUT2D eigenvalue weighted by Crippen LogP contribution is -2.48. The largest absolute Gasteiger partial charge is 0.496 e. The lowest BCUT2D eigenvalue weighted by Gasteiger charge is -2.27. The molecule has 0 saturated carbocycles. The van der Waals surface area contributed by atoms with Crippen molar-refractivity contribution < 1.29 is 14.3 Å². The molecule has 1 unspecified atom stereocenters. The Kier molecular flexibility index (Phi) is 7.45. The number of hydrogen-bond acceptors (Lipinski definition) is 4. The van der Waals surface area contributed by atoms with Crippen LogP contribution < -0.4 is 10.1 Å². The van der Waals surface area contributed by atoms with Crippen LogP contribution in [0, 0.1) is 0 Å². The second-order valence-electron chi connectivity index (χ2n) is 4.71. The van der Waals surface area contributed by atoms with Crippen molar-refractivity contribution in [2.45, 2.75) is 12.6 Å². The first-order chi connectivity index (χ1) is 9.61. The maximum Gasteiger partial charge on any atom is 0.253 e. The smallest absolute Gasteiger partial charge is 0.253 e. The van der Waals surface area contributed by atoms with Gasteiger partial charge in [-0.05, 0) is 18.2 Å².